The van der Waals surface area contributed by atoms with Crippen LogP contribution in [-0.2, 0) is 5.33 Å². The van der Waals surface area contributed by atoms with E-state index in [2.05, 4.69) is 54.5 Å². The Morgan fingerprint density at radius 2 is 2.09 bits per heavy atom. The first-order chi connectivity index (χ1) is 5.16. The van der Waals surface area contributed by atoms with Gasteiger partial charge in [0, 0.05) is 18.9 Å². The molecule has 0 saturated carbocycles. The summed E-state index contributed by atoms with van der Waals surface area (Å²) in [6, 6.07) is 3.17. The standard InChI is InChI=1S/C7H4Br2FI/c8-3-4-6(10)2-1-5(9)7(4)11/h1-2H,3H2. The van der Waals surface area contributed by atoms with Crippen LogP contribution in [0.2, 0.25) is 0 Å². The van der Waals surface area contributed by atoms with Crippen molar-refractivity contribution in [1.29, 1.82) is 0 Å². The van der Waals surface area contributed by atoms with Crippen molar-refractivity contribution >= 4 is 54.5 Å². The Morgan fingerprint density at radius 3 is 2.55 bits per heavy atom. The summed E-state index contributed by atoms with van der Waals surface area (Å²) in [6.45, 7) is 0. The summed E-state index contributed by atoms with van der Waals surface area (Å²) in [7, 11) is 0. The van der Waals surface area contributed by atoms with Crippen molar-refractivity contribution in [3.63, 3.8) is 0 Å². The SMILES string of the molecule is Fc1ccc(Br)c(I)c1CBr. The summed E-state index contributed by atoms with van der Waals surface area (Å²) in [5.41, 5.74) is 0.708. The smallest absolute Gasteiger partial charge is 0.128 e. The molecular weight excluding hydrogens is 390 g/mol. The van der Waals surface area contributed by atoms with E-state index in [4.69, 9.17) is 0 Å². The van der Waals surface area contributed by atoms with Crippen LogP contribution in [0.3, 0.4) is 0 Å². The highest BCUT2D eigenvalue weighted by atomic mass is 127. The summed E-state index contributed by atoms with van der Waals surface area (Å²) < 4.78 is 14.8. The molecule has 0 aliphatic carbocycles. The third kappa shape index (κ3) is 2.15. The van der Waals surface area contributed by atoms with Gasteiger partial charge in [-0.1, -0.05) is 15.9 Å². The van der Waals surface area contributed by atoms with Gasteiger partial charge in [0.25, 0.3) is 0 Å². The molecule has 1 aromatic carbocycles. The lowest BCUT2D eigenvalue weighted by Gasteiger charge is -2.03. The van der Waals surface area contributed by atoms with Crippen molar-refractivity contribution in [3.05, 3.63) is 31.6 Å². The molecule has 60 valence electrons. The van der Waals surface area contributed by atoms with Gasteiger partial charge in [-0.25, -0.2) is 4.39 Å². The minimum absolute atomic E-state index is 0.158. The Morgan fingerprint density at radius 1 is 1.45 bits per heavy atom. The predicted molar refractivity (Wildman–Crippen MR) is 59.4 cm³/mol. The van der Waals surface area contributed by atoms with E-state index in [1.165, 1.54) is 6.07 Å². The van der Waals surface area contributed by atoms with Gasteiger partial charge in [0.05, 0.1) is 0 Å². The third-order valence-corrected chi connectivity index (χ3v) is 4.47. The van der Waals surface area contributed by atoms with Gasteiger partial charge in [0.1, 0.15) is 5.82 Å². The number of benzene rings is 1. The van der Waals surface area contributed by atoms with Gasteiger partial charge in [-0.2, -0.15) is 0 Å². The first kappa shape index (κ1) is 9.92. The molecule has 0 N–H and O–H groups in total. The maximum atomic E-state index is 13.0. The average molecular weight is 394 g/mol. The molecule has 0 fully saturated rings. The Hall–Kier alpha value is 0.840. The zero-order valence-electron chi connectivity index (χ0n) is 5.37. The van der Waals surface area contributed by atoms with Crippen molar-refractivity contribution in [1.82, 2.24) is 0 Å². The molecule has 0 radical (unpaired) electrons. The highest BCUT2D eigenvalue weighted by Gasteiger charge is 2.07. The zero-order chi connectivity index (χ0) is 8.43. The lowest BCUT2D eigenvalue weighted by Crippen LogP contribution is -1.90. The monoisotopic (exact) mass is 392 g/mol. The summed E-state index contributed by atoms with van der Waals surface area (Å²) >= 11 is 8.67. The van der Waals surface area contributed by atoms with Crippen LogP contribution >= 0.6 is 54.5 Å². The molecule has 0 saturated heterocycles. The predicted octanol–water partition coefficient (Wildman–Crippen LogP) is 4.09. The first-order valence-corrected chi connectivity index (χ1v) is 5.84. The first-order valence-electron chi connectivity index (χ1n) is 2.85. The van der Waals surface area contributed by atoms with Crippen molar-refractivity contribution in [2.24, 2.45) is 0 Å². The normalized spacial score (nSPS) is 10.2. The van der Waals surface area contributed by atoms with Crippen LogP contribution < -0.4 is 0 Å². The van der Waals surface area contributed by atoms with E-state index < -0.39 is 0 Å². The van der Waals surface area contributed by atoms with Crippen molar-refractivity contribution in [2.45, 2.75) is 5.33 Å². The highest BCUT2D eigenvalue weighted by Crippen LogP contribution is 2.26. The van der Waals surface area contributed by atoms with Crippen molar-refractivity contribution < 1.29 is 4.39 Å². The van der Waals surface area contributed by atoms with E-state index in [9.17, 15) is 4.39 Å². The largest absolute Gasteiger partial charge is 0.207 e. The van der Waals surface area contributed by atoms with Gasteiger partial charge in [-0.3, -0.25) is 0 Å². The number of halogens is 4. The number of alkyl halides is 1. The molecule has 0 heterocycles. The van der Waals surface area contributed by atoms with Crippen LogP contribution in [0.25, 0.3) is 0 Å². The Bertz CT molecular complexity index is 275. The lowest BCUT2D eigenvalue weighted by molar-refractivity contribution is 0.616. The molecule has 1 aromatic rings. The van der Waals surface area contributed by atoms with Gasteiger partial charge in [0.2, 0.25) is 0 Å². The van der Waals surface area contributed by atoms with E-state index in [-0.39, 0.29) is 5.82 Å². The van der Waals surface area contributed by atoms with Crippen LogP contribution in [0, 0.1) is 9.39 Å². The number of rotatable bonds is 1. The van der Waals surface area contributed by atoms with E-state index in [1.807, 2.05) is 0 Å². The zero-order valence-corrected chi connectivity index (χ0v) is 10.7. The third-order valence-electron chi connectivity index (χ3n) is 1.27. The molecule has 0 nitrogen and oxygen atoms in total. The maximum absolute atomic E-state index is 13.0. The molecule has 0 atom stereocenters. The van der Waals surface area contributed by atoms with Crippen LogP contribution in [0.5, 0.6) is 0 Å². The van der Waals surface area contributed by atoms with Gasteiger partial charge in [-0.15, -0.1) is 0 Å². The second-order valence-electron chi connectivity index (χ2n) is 1.96. The maximum Gasteiger partial charge on any atom is 0.128 e. The van der Waals surface area contributed by atoms with Gasteiger partial charge >= 0.3 is 0 Å². The number of hydrogen-bond donors (Lipinski definition) is 0. The van der Waals surface area contributed by atoms with E-state index in [0.29, 0.717) is 10.9 Å². The molecule has 0 bridgehead atoms. The minimum atomic E-state index is -0.158. The van der Waals surface area contributed by atoms with Crippen LogP contribution in [0.15, 0.2) is 16.6 Å². The Labute approximate surface area is 95.0 Å². The van der Waals surface area contributed by atoms with Crippen LogP contribution in [-0.4, -0.2) is 0 Å². The summed E-state index contributed by atoms with van der Waals surface area (Å²) in [5, 5.41) is 0.552. The van der Waals surface area contributed by atoms with E-state index in [1.54, 1.807) is 6.07 Å². The molecule has 0 unspecified atom stereocenters. The van der Waals surface area contributed by atoms with E-state index in [0.717, 1.165) is 8.04 Å². The van der Waals surface area contributed by atoms with Crippen molar-refractivity contribution in [3.8, 4) is 0 Å². The lowest BCUT2D eigenvalue weighted by atomic mass is 10.2. The second kappa shape index (κ2) is 4.18. The van der Waals surface area contributed by atoms with Crippen LogP contribution in [0.4, 0.5) is 4.39 Å². The van der Waals surface area contributed by atoms with Crippen LogP contribution in [0.1, 0.15) is 5.56 Å². The van der Waals surface area contributed by atoms with Crippen molar-refractivity contribution in [2.75, 3.05) is 0 Å². The summed E-state index contributed by atoms with van der Waals surface area (Å²) in [5.74, 6) is -0.158. The fraction of sp³-hybridized carbons (Fsp3) is 0.143. The molecule has 1 rings (SSSR count). The quantitative estimate of drug-likeness (QED) is 0.383. The van der Waals surface area contributed by atoms with Gasteiger partial charge < -0.3 is 0 Å². The van der Waals surface area contributed by atoms with E-state index >= 15 is 0 Å². The van der Waals surface area contributed by atoms with Gasteiger partial charge in [0.15, 0.2) is 0 Å². The molecule has 0 spiro atoms. The molecular formula is C7H4Br2FI. The number of hydrogen-bond acceptors (Lipinski definition) is 0. The fourth-order valence-corrected chi connectivity index (χ4v) is 2.76. The second-order valence-corrected chi connectivity index (χ2v) is 4.45. The van der Waals surface area contributed by atoms with Gasteiger partial charge in [-0.05, 0) is 50.7 Å². The average Bonchev–Trinajstić information content (AvgIpc) is 1.99. The fourth-order valence-electron chi connectivity index (χ4n) is 0.692. The summed E-state index contributed by atoms with van der Waals surface area (Å²) in [6.07, 6.45) is 0. The molecule has 4 heteroatoms. The Balaban J connectivity index is 3.29. The topological polar surface area (TPSA) is 0 Å². The molecule has 11 heavy (non-hydrogen) atoms. The molecule has 0 aliphatic heterocycles. The minimum Gasteiger partial charge on any atom is -0.207 e. The molecule has 0 amide bonds. The summed E-state index contributed by atoms with van der Waals surface area (Å²) in [4.78, 5) is 0. The molecule has 0 aromatic heterocycles. The highest BCUT2D eigenvalue weighted by molar-refractivity contribution is 14.1. The Kier molecular flexibility index (Phi) is 3.77. The molecule has 0 aliphatic rings.